The minimum absolute atomic E-state index is 0.708. The maximum absolute atomic E-state index is 8.78. The van der Waals surface area contributed by atoms with Crippen LogP contribution in [0.1, 0.15) is 16.3 Å². The molecule has 0 saturated heterocycles. The van der Waals surface area contributed by atoms with Crippen molar-refractivity contribution in [2.24, 2.45) is 0 Å². The van der Waals surface area contributed by atoms with Gasteiger partial charge in [-0.1, -0.05) is 6.07 Å². The van der Waals surface area contributed by atoms with E-state index in [0.29, 0.717) is 5.56 Å². The van der Waals surface area contributed by atoms with Crippen molar-refractivity contribution in [2.75, 3.05) is 0 Å². The number of nitriles is 1. The van der Waals surface area contributed by atoms with E-state index in [2.05, 4.69) is 16.4 Å². The van der Waals surface area contributed by atoms with Gasteiger partial charge in [-0.15, -0.1) is 23.1 Å². The molecule has 0 aliphatic rings. The Kier molecular flexibility index (Phi) is 3.60. The van der Waals surface area contributed by atoms with Crippen molar-refractivity contribution in [2.45, 2.75) is 17.6 Å². The molecule has 0 N–H and O–H groups in total. The molecule has 0 saturated carbocycles. The van der Waals surface area contributed by atoms with Gasteiger partial charge in [0.15, 0.2) is 0 Å². The molecule has 0 bridgehead atoms. The molecule has 0 unspecified atom stereocenters. The van der Waals surface area contributed by atoms with Crippen LogP contribution in [0.3, 0.4) is 0 Å². The molecule has 16 heavy (non-hydrogen) atoms. The van der Waals surface area contributed by atoms with Gasteiger partial charge >= 0.3 is 0 Å². The van der Waals surface area contributed by atoms with Crippen LogP contribution in [0.4, 0.5) is 0 Å². The Labute approximate surface area is 103 Å². The van der Waals surface area contributed by atoms with Crippen LogP contribution >= 0.6 is 23.1 Å². The Morgan fingerprint density at radius 2 is 2.38 bits per heavy atom. The lowest BCUT2D eigenvalue weighted by atomic mass is 10.2. The van der Waals surface area contributed by atoms with Crippen molar-refractivity contribution in [3.05, 3.63) is 45.9 Å². The van der Waals surface area contributed by atoms with E-state index < -0.39 is 0 Å². The summed E-state index contributed by atoms with van der Waals surface area (Å²) in [5.41, 5.74) is 1.81. The number of hydrogen-bond acceptors (Lipinski definition) is 4. The molecule has 80 valence electrons. The fourth-order valence-corrected chi connectivity index (χ4v) is 2.85. The van der Waals surface area contributed by atoms with E-state index in [1.165, 1.54) is 0 Å². The molecule has 1 heterocycles. The van der Waals surface area contributed by atoms with Gasteiger partial charge in [0, 0.05) is 16.0 Å². The number of thioether (sulfide) groups is 1. The molecule has 4 heteroatoms. The van der Waals surface area contributed by atoms with E-state index in [1.54, 1.807) is 23.1 Å². The zero-order valence-corrected chi connectivity index (χ0v) is 10.4. The monoisotopic (exact) mass is 246 g/mol. The van der Waals surface area contributed by atoms with Crippen LogP contribution in [0.25, 0.3) is 0 Å². The second-order valence-electron chi connectivity index (χ2n) is 3.29. The molecule has 0 fully saturated rings. The van der Waals surface area contributed by atoms with Crippen molar-refractivity contribution in [3.63, 3.8) is 0 Å². The minimum atomic E-state index is 0.708. The SMILES string of the molecule is Cc1nc(CSc2cccc(C#N)c2)cs1. The Morgan fingerprint density at radius 3 is 3.06 bits per heavy atom. The number of aromatic nitrogens is 1. The van der Waals surface area contributed by atoms with Gasteiger partial charge in [0.25, 0.3) is 0 Å². The highest BCUT2D eigenvalue weighted by Crippen LogP contribution is 2.24. The molecule has 0 amide bonds. The second kappa shape index (κ2) is 5.15. The van der Waals surface area contributed by atoms with Gasteiger partial charge in [-0.2, -0.15) is 5.26 Å². The number of rotatable bonds is 3. The van der Waals surface area contributed by atoms with E-state index in [0.717, 1.165) is 21.3 Å². The smallest absolute Gasteiger partial charge is 0.0992 e. The van der Waals surface area contributed by atoms with E-state index in [9.17, 15) is 0 Å². The number of benzene rings is 1. The lowest BCUT2D eigenvalue weighted by Gasteiger charge is -1.99. The fraction of sp³-hybridized carbons (Fsp3) is 0.167. The molecule has 0 aliphatic heterocycles. The highest BCUT2D eigenvalue weighted by atomic mass is 32.2. The highest BCUT2D eigenvalue weighted by molar-refractivity contribution is 7.98. The number of hydrogen-bond donors (Lipinski definition) is 0. The number of nitrogens with zero attached hydrogens (tertiary/aromatic N) is 2. The Bertz CT molecular complexity index is 526. The van der Waals surface area contributed by atoms with E-state index >= 15 is 0 Å². The molecule has 0 radical (unpaired) electrons. The maximum Gasteiger partial charge on any atom is 0.0992 e. The lowest BCUT2D eigenvalue weighted by molar-refractivity contribution is 1.18. The van der Waals surface area contributed by atoms with Crippen LogP contribution < -0.4 is 0 Å². The first-order valence-corrected chi connectivity index (χ1v) is 6.68. The highest BCUT2D eigenvalue weighted by Gasteiger charge is 2.00. The third kappa shape index (κ3) is 2.84. The van der Waals surface area contributed by atoms with Gasteiger partial charge in [-0.05, 0) is 25.1 Å². The van der Waals surface area contributed by atoms with Crippen LogP contribution in [0.15, 0.2) is 34.5 Å². The zero-order valence-electron chi connectivity index (χ0n) is 8.80. The molecule has 0 aliphatic carbocycles. The van der Waals surface area contributed by atoms with Crippen LogP contribution in [0, 0.1) is 18.3 Å². The number of aryl methyl sites for hydroxylation is 1. The van der Waals surface area contributed by atoms with E-state index in [-0.39, 0.29) is 0 Å². The van der Waals surface area contributed by atoms with Gasteiger partial charge in [0.05, 0.1) is 22.3 Å². The van der Waals surface area contributed by atoms with Crippen LogP contribution in [-0.4, -0.2) is 4.98 Å². The lowest BCUT2D eigenvalue weighted by Crippen LogP contribution is -1.81. The normalized spacial score (nSPS) is 10.0. The van der Waals surface area contributed by atoms with Crippen molar-refractivity contribution in [1.82, 2.24) is 4.98 Å². The van der Waals surface area contributed by atoms with Crippen molar-refractivity contribution in [3.8, 4) is 6.07 Å². The Morgan fingerprint density at radius 1 is 1.50 bits per heavy atom. The van der Waals surface area contributed by atoms with Crippen molar-refractivity contribution in [1.29, 1.82) is 5.26 Å². The second-order valence-corrected chi connectivity index (χ2v) is 5.40. The first-order valence-electron chi connectivity index (χ1n) is 4.82. The summed E-state index contributed by atoms with van der Waals surface area (Å²) < 4.78 is 0. The maximum atomic E-state index is 8.78. The molecule has 2 aromatic rings. The number of thiazole rings is 1. The predicted octanol–water partition coefficient (Wildman–Crippen LogP) is 3.62. The molecular formula is C12H10N2S2. The molecule has 0 atom stereocenters. The summed E-state index contributed by atoms with van der Waals surface area (Å²) >= 11 is 3.38. The summed E-state index contributed by atoms with van der Waals surface area (Å²) in [4.78, 5) is 5.52. The van der Waals surface area contributed by atoms with E-state index in [1.807, 2.05) is 31.2 Å². The van der Waals surface area contributed by atoms with Crippen LogP contribution in [-0.2, 0) is 5.75 Å². The molecule has 0 spiro atoms. The van der Waals surface area contributed by atoms with Crippen molar-refractivity contribution >= 4 is 23.1 Å². The zero-order chi connectivity index (χ0) is 11.4. The summed E-state index contributed by atoms with van der Waals surface area (Å²) in [6.45, 7) is 2.01. The predicted molar refractivity (Wildman–Crippen MR) is 67.6 cm³/mol. The van der Waals surface area contributed by atoms with Gasteiger partial charge in [-0.25, -0.2) is 4.98 Å². The molecule has 1 aromatic heterocycles. The summed E-state index contributed by atoms with van der Waals surface area (Å²) in [6.07, 6.45) is 0. The summed E-state index contributed by atoms with van der Waals surface area (Å²) in [6, 6.07) is 9.79. The van der Waals surface area contributed by atoms with Crippen LogP contribution in [0.2, 0.25) is 0 Å². The minimum Gasteiger partial charge on any atom is -0.246 e. The topological polar surface area (TPSA) is 36.7 Å². The molecule has 2 rings (SSSR count). The first-order chi connectivity index (χ1) is 7.78. The average molecular weight is 246 g/mol. The summed E-state index contributed by atoms with van der Waals surface area (Å²) in [5, 5.41) is 12.0. The fourth-order valence-electron chi connectivity index (χ4n) is 1.29. The van der Waals surface area contributed by atoms with Gasteiger partial charge < -0.3 is 0 Å². The summed E-state index contributed by atoms with van der Waals surface area (Å²) in [5.74, 6) is 0.860. The average Bonchev–Trinajstić information content (AvgIpc) is 2.73. The van der Waals surface area contributed by atoms with E-state index in [4.69, 9.17) is 5.26 Å². The Hall–Kier alpha value is -1.31. The molecule has 2 nitrogen and oxygen atoms in total. The molecule has 1 aromatic carbocycles. The van der Waals surface area contributed by atoms with Gasteiger partial charge in [-0.3, -0.25) is 0 Å². The largest absolute Gasteiger partial charge is 0.246 e. The Balaban J connectivity index is 2.02. The summed E-state index contributed by atoms with van der Waals surface area (Å²) in [7, 11) is 0. The van der Waals surface area contributed by atoms with Gasteiger partial charge in [0.1, 0.15) is 0 Å². The standard InChI is InChI=1S/C12H10N2S2/c1-9-14-11(7-15-9)8-16-12-4-2-3-10(5-12)6-13/h2-5,7H,8H2,1H3. The molecular weight excluding hydrogens is 236 g/mol. The first kappa shape index (κ1) is 11.2. The van der Waals surface area contributed by atoms with Crippen molar-refractivity contribution < 1.29 is 0 Å². The quantitative estimate of drug-likeness (QED) is 0.776. The third-order valence-corrected chi connectivity index (χ3v) is 3.87. The van der Waals surface area contributed by atoms with Crippen LogP contribution in [0.5, 0.6) is 0 Å². The third-order valence-electron chi connectivity index (χ3n) is 2.02. The van der Waals surface area contributed by atoms with Gasteiger partial charge in [0.2, 0.25) is 0 Å².